The Morgan fingerprint density at radius 3 is 2.70 bits per heavy atom. The highest BCUT2D eigenvalue weighted by Gasteiger charge is 2.39. The average molecular weight is 299 g/mol. The highest BCUT2D eigenvalue weighted by atomic mass is 32.1. The van der Waals surface area contributed by atoms with Gasteiger partial charge < -0.3 is 10.0 Å². The van der Waals surface area contributed by atoms with E-state index in [1.54, 1.807) is 7.05 Å². The van der Waals surface area contributed by atoms with E-state index >= 15 is 0 Å². The van der Waals surface area contributed by atoms with Crippen molar-refractivity contribution >= 4 is 27.4 Å². The number of aromatic nitrogens is 1. The summed E-state index contributed by atoms with van der Waals surface area (Å²) in [4.78, 5) is 27.3. The number of carbonyl (C=O) groups is 1. The fourth-order valence-electron chi connectivity index (χ4n) is 2.82. The molecule has 110 valence electrons. The fraction of sp³-hybridized carbons (Fsp3) is 0.667. The van der Waals surface area contributed by atoms with Crippen LogP contribution in [0.2, 0.25) is 0 Å². The molecule has 1 fully saturated rings. The van der Waals surface area contributed by atoms with Crippen LogP contribution in [0.1, 0.15) is 38.5 Å². The van der Waals surface area contributed by atoms with Crippen LogP contribution in [0.25, 0.3) is 0 Å². The van der Waals surface area contributed by atoms with E-state index in [1.807, 2.05) is 4.90 Å². The first kappa shape index (κ1) is 14.7. The van der Waals surface area contributed by atoms with Gasteiger partial charge in [0, 0.05) is 7.05 Å². The molecule has 0 amide bonds. The van der Waals surface area contributed by atoms with Crippen LogP contribution in [-0.4, -0.2) is 33.6 Å². The topological polar surface area (TPSA) is 96.6 Å². The van der Waals surface area contributed by atoms with E-state index in [-0.39, 0.29) is 11.4 Å². The lowest BCUT2D eigenvalue weighted by atomic mass is 9.78. The zero-order chi connectivity index (χ0) is 14.8. The van der Waals surface area contributed by atoms with Gasteiger partial charge in [-0.2, -0.15) is 0 Å². The Balaban J connectivity index is 2.26. The van der Waals surface area contributed by atoms with Crippen LogP contribution in [-0.2, 0) is 4.79 Å². The van der Waals surface area contributed by atoms with Crippen molar-refractivity contribution in [1.29, 1.82) is 0 Å². The van der Waals surface area contributed by atoms with E-state index in [4.69, 9.17) is 5.11 Å². The van der Waals surface area contributed by atoms with Gasteiger partial charge in [-0.05, 0) is 24.2 Å². The first-order chi connectivity index (χ1) is 9.44. The minimum Gasteiger partial charge on any atom is -0.481 e. The molecule has 0 aromatic carbocycles. The van der Waals surface area contributed by atoms with E-state index in [9.17, 15) is 14.9 Å². The maximum Gasteiger partial charge on any atom is 0.345 e. The Hall–Kier alpha value is -1.70. The molecule has 1 saturated carbocycles. The van der Waals surface area contributed by atoms with Gasteiger partial charge in [-0.25, -0.2) is 4.98 Å². The highest BCUT2D eigenvalue weighted by molar-refractivity contribution is 7.18. The van der Waals surface area contributed by atoms with Crippen molar-refractivity contribution in [1.82, 2.24) is 4.98 Å². The Morgan fingerprint density at radius 2 is 2.20 bits per heavy atom. The molecule has 20 heavy (non-hydrogen) atoms. The molecule has 1 aromatic rings. The van der Waals surface area contributed by atoms with Crippen molar-refractivity contribution < 1.29 is 14.8 Å². The Labute approximate surface area is 120 Å². The summed E-state index contributed by atoms with van der Waals surface area (Å²) < 4.78 is 0. The zero-order valence-corrected chi connectivity index (χ0v) is 12.1. The number of hydrogen-bond acceptors (Lipinski definition) is 6. The van der Waals surface area contributed by atoms with Gasteiger partial charge >= 0.3 is 11.0 Å². The van der Waals surface area contributed by atoms with Crippen LogP contribution in [0, 0.1) is 10.1 Å². The Kier molecular flexibility index (Phi) is 4.22. The number of nitrogens with zero attached hydrogens (tertiary/aromatic N) is 3. The molecule has 0 spiro atoms. The first-order valence-corrected chi connectivity index (χ1v) is 7.32. The smallest absolute Gasteiger partial charge is 0.345 e. The summed E-state index contributed by atoms with van der Waals surface area (Å²) >= 11 is 0.991. The zero-order valence-electron chi connectivity index (χ0n) is 11.2. The second-order valence-corrected chi connectivity index (χ2v) is 6.14. The number of rotatable bonds is 5. The molecular weight excluding hydrogens is 282 g/mol. The van der Waals surface area contributed by atoms with Gasteiger partial charge in [-0.15, -0.1) is 0 Å². The van der Waals surface area contributed by atoms with Gasteiger partial charge in [0.05, 0.1) is 16.9 Å². The lowest BCUT2D eigenvalue weighted by Crippen LogP contribution is -2.49. The van der Waals surface area contributed by atoms with E-state index in [0.717, 1.165) is 43.4 Å². The monoisotopic (exact) mass is 299 g/mol. The molecular formula is C12H17N3O4S. The van der Waals surface area contributed by atoms with Crippen molar-refractivity contribution in [2.45, 2.75) is 44.1 Å². The largest absolute Gasteiger partial charge is 0.481 e. The van der Waals surface area contributed by atoms with Gasteiger partial charge in [0.25, 0.3) is 0 Å². The number of hydrogen-bond donors (Lipinski definition) is 1. The van der Waals surface area contributed by atoms with Gasteiger partial charge in [0.1, 0.15) is 6.20 Å². The van der Waals surface area contributed by atoms with Gasteiger partial charge in [0.15, 0.2) is 5.13 Å². The molecule has 0 aliphatic heterocycles. The third kappa shape index (κ3) is 2.90. The van der Waals surface area contributed by atoms with E-state index < -0.39 is 16.4 Å². The summed E-state index contributed by atoms with van der Waals surface area (Å²) in [6.45, 7) is 0. The molecule has 1 N–H and O–H groups in total. The average Bonchev–Trinajstić information content (AvgIpc) is 2.87. The van der Waals surface area contributed by atoms with E-state index in [0.29, 0.717) is 5.13 Å². The third-order valence-corrected chi connectivity index (χ3v) is 4.95. The molecule has 0 unspecified atom stereocenters. The molecule has 1 heterocycles. The first-order valence-electron chi connectivity index (χ1n) is 6.50. The minimum absolute atomic E-state index is 0.0202. The molecule has 7 nitrogen and oxygen atoms in total. The normalized spacial score (nSPS) is 17.6. The summed E-state index contributed by atoms with van der Waals surface area (Å²) in [6, 6.07) is 0. The van der Waals surface area contributed by atoms with Crippen molar-refractivity contribution in [2.75, 3.05) is 11.9 Å². The van der Waals surface area contributed by atoms with Crippen LogP contribution in [0.4, 0.5) is 10.1 Å². The Bertz CT molecular complexity index is 511. The van der Waals surface area contributed by atoms with Crippen molar-refractivity contribution in [3.05, 3.63) is 16.3 Å². The quantitative estimate of drug-likeness (QED) is 0.663. The Morgan fingerprint density at radius 1 is 1.55 bits per heavy atom. The molecule has 0 atom stereocenters. The van der Waals surface area contributed by atoms with Crippen molar-refractivity contribution in [3.63, 3.8) is 0 Å². The number of nitro groups is 1. The van der Waals surface area contributed by atoms with Crippen LogP contribution < -0.4 is 4.90 Å². The van der Waals surface area contributed by atoms with Crippen LogP contribution in [0.5, 0.6) is 0 Å². The lowest BCUT2D eigenvalue weighted by Gasteiger charge is -2.43. The van der Waals surface area contributed by atoms with E-state index in [2.05, 4.69) is 4.98 Å². The number of anilines is 1. The highest BCUT2D eigenvalue weighted by Crippen LogP contribution is 2.40. The molecule has 0 bridgehead atoms. The van der Waals surface area contributed by atoms with Gasteiger partial charge in [0.2, 0.25) is 0 Å². The summed E-state index contributed by atoms with van der Waals surface area (Å²) in [5.74, 6) is -0.843. The number of aliphatic carboxylic acids is 1. The van der Waals surface area contributed by atoms with Gasteiger partial charge in [-0.3, -0.25) is 14.9 Å². The van der Waals surface area contributed by atoms with Crippen LogP contribution in [0.15, 0.2) is 6.20 Å². The van der Waals surface area contributed by atoms with Crippen LogP contribution >= 0.6 is 11.3 Å². The summed E-state index contributed by atoms with van der Waals surface area (Å²) in [6.07, 6.45) is 5.89. The second kappa shape index (κ2) is 5.74. The molecule has 8 heteroatoms. The molecule has 0 saturated heterocycles. The predicted octanol–water partition coefficient (Wildman–Crippen LogP) is 2.67. The maximum atomic E-state index is 11.2. The number of carboxylic acid groups (broad SMARTS) is 1. The SMILES string of the molecule is CN(c1ncc([N+](=O)[O-])s1)C1(CC(=O)O)CCCCC1. The second-order valence-electron chi connectivity index (χ2n) is 5.15. The molecule has 1 aliphatic carbocycles. The third-order valence-electron chi connectivity index (χ3n) is 3.92. The van der Waals surface area contributed by atoms with Crippen molar-refractivity contribution in [3.8, 4) is 0 Å². The van der Waals surface area contributed by atoms with Crippen LogP contribution in [0.3, 0.4) is 0 Å². The fourth-order valence-corrected chi connectivity index (χ4v) is 3.62. The minimum atomic E-state index is -0.843. The summed E-state index contributed by atoms with van der Waals surface area (Å²) in [7, 11) is 1.79. The van der Waals surface area contributed by atoms with Gasteiger partial charge in [-0.1, -0.05) is 19.3 Å². The molecule has 1 aromatic heterocycles. The number of carboxylic acids is 1. The molecule has 1 aliphatic rings. The predicted molar refractivity (Wildman–Crippen MR) is 75.2 cm³/mol. The summed E-state index contributed by atoms with van der Waals surface area (Å²) in [5.41, 5.74) is -0.476. The number of thiazole rings is 1. The maximum absolute atomic E-state index is 11.2. The molecule has 0 radical (unpaired) electrons. The summed E-state index contributed by atoms with van der Waals surface area (Å²) in [5, 5.41) is 20.4. The van der Waals surface area contributed by atoms with E-state index in [1.165, 1.54) is 6.20 Å². The van der Waals surface area contributed by atoms with Crippen molar-refractivity contribution in [2.24, 2.45) is 0 Å². The molecule has 2 rings (SSSR count). The lowest BCUT2D eigenvalue weighted by molar-refractivity contribution is -0.380. The standard InChI is InChI=1S/C12H17N3O4S/c1-14(11-13-8-9(20-11)15(18)19)12(7-10(16)17)5-3-2-4-6-12/h8H,2-7H2,1H3,(H,16,17).